The van der Waals surface area contributed by atoms with Crippen molar-refractivity contribution < 1.29 is 23.5 Å². The van der Waals surface area contributed by atoms with E-state index in [-0.39, 0.29) is 18.7 Å². The fourth-order valence-corrected chi connectivity index (χ4v) is 2.75. The molecule has 2 heterocycles. The van der Waals surface area contributed by atoms with Crippen molar-refractivity contribution in [1.82, 2.24) is 15.0 Å². The molecule has 0 fully saturated rings. The van der Waals surface area contributed by atoms with Crippen molar-refractivity contribution in [3.05, 3.63) is 29.6 Å². The van der Waals surface area contributed by atoms with Crippen LogP contribution in [-0.2, 0) is 17.9 Å². The van der Waals surface area contributed by atoms with Crippen molar-refractivity contribution in [1.29, 1.82) is 0 Å². The van der Waals surface area contributed by atoms with Gasteiger partial charge < -0.3 is 23.6 Å². The molecule has 9 heteroatoms. The molecule has 2 amide bonds. The fourth-order valence-electron chi connectivity index (χ4n) is 2.75. The van der Waals surface area contributed by atoms with E-state index >= 15 is 0 Å². The average molecular weight is 362 g/mol. The molecule has 1 aliphatic heterocycles. The zero-order valence-electron chi connectivity index (χ0n) is 15.2. The van der Waals surface area contributed by atoms with Gasteiger partial charge in [-0.05, 0) is 26.0 Å². The van der Waals surface area contributed by atoms with E-state index in [0.717, 1.165) is 5.56 Å². The zero-order chi connectivity index (χ0) is 18.7. The maximum Gasteiger partial charge on any atom is 0.329 e. The summed E-state index contributed by atoms with van der Waals surface area (Å²) in [6.45, 7) is 4.82. The highest BCUT2D eigenvalue weighted by atomic mass is 16.5. The van der Waals surface area contributed by atoms with Gasteiger partial charge in [-0.2, -0.15) is 4.98 Å². The van der Waals surface area contributed by atoms with E-state index < -0.39 is 5.60 Å². The van der Waals surface area contributed by atoms with E-state index in [9.17, 15) is 4.79 Å². The molecule has 0 radical (unpaired) electrons. The molecule has 0 bridgehead atoms. The number of fused-ring (bicyclic) bond motifs is 1. The summed E-state index contributed by atoms with van der Waals surface area (Å²) in [6.07, 6.45) is 0. The molecular formula is C17H22N4O5. The molecule has 0 atom stereocenters. The van der Waals surface area contributed by atoms with Crippen LogP contribution in [0.25, 0.3) is 0 Å². The average Bonchev–Trinajstić information content (AvgIpc) is 2.96. The normalized spacial score (nSPS) is 15.6. The fraction of sp³-hybridized carbons (Fsp3) is 0.471. The van der Waals surface area contributed by atoms with E-state index in [1.807, 2.05) is 32.0 Å². The Morgan fingerprint density at radius 3 is 2.92 bits per heavy atom. The number of rotatable bonds is 4. The monoisotopic (exact) mass is 362 g/mol. The molecule has 1 aromatic heterocycles. The first-order valence-electron chi connectivity index (χ1n) is 8.13. The third-order valence-electron chi connectivity index (χ3n) is 3.84. The van der Waals surface area contributed by atoms with Gasteiger partial charge in [-0.25, -0.2) is 4.79 Å². The summed E-state index contributed by atoms with van der Waals surface area (Å²) in [7, 11) is 3.13. The number of nitrogens with zero attached hydrogens (tertiary/aromatic N) is 3. The highest BCUT2D eigenvalue weighted by Crippen LogP contribution is 2.32. The number of methoxy groups -OCH3 is 2. The number of nitrogens with one attached hydrogen (secondary N) is 1. The number of aromatic nitrogens is 2. The summed E-state index contributed by atoms with van der Waals surface area (Å²) < 4.78 is 21.3. The first-order chi connectivity index (χ1) is 12.4. The van der Waals surface area contributed by atoms with Gasteiger partial charge in [-0.1, -0.05) is 5.16 Å². The van der Waals surface area contributed by atoms with Crippen LogP contribution in [0.5, 0.6) is 11.5 Å². The molecule has 1 aromatic carbocycles. The van der Waals surface area contributed by atoms with Crippen LogP contribution >= 0.6 is 0 Å². The minimum Gasteiger partial charge on any atom is -0.497 e. The lowest BCUT2D eigenvalue weighted by molar-refractivity contribution is 0.0831. The Kier molecular flexibility index (Phi) is 4.99. The van der Waals surface area contributed by atoms with Gasteiger partial charge in [0.2, 0.25) is 0 Å². The minimum atomic E-state index is -0.578. The van der Waals surface area contributed by atoms with E-state index in [4.69, 9.17) is 18.7 Å². The summed E-state index contributed by atoms with van der Waals surface area (Å²) >= 11 is 0. The summed E-state index contributed by atoms with van der Waals surface area (Å²) in [6, 6.07) is 5.23. The van der Waals surface area contributed by atoms with Gasteiger partial charge in [-0.15, -0.1) is 0 Å². The van der Waals surface area contributed by atoms with Crippen LogP contribution in [0.4, 0.5) is 10.8 Å². The number of ether oxygens (including phenoxy) is 3. The quantitative estimate of drug-likeness (QED) is 0.892. The molecule has 0 saturated carbocycles. The highest BCUT2D eigenvalue weighted by Gasteiger charge is 2.32. The Bertz CT molecular complexity index is 789. The topological polar surface area (TPSA) is 99.0 Å². The van der Waals surface area contributed by atoms with Crippen molar-refractivity contribution in [3.63, 3.8) is 0 Å². The van der Waals surface area contributed by atoms with Crippen molar-refractivity contribution in [2.24, 2.45) is 0 Å². The molecule has 9 nitrogen and oxygen atoms in total. The van der Waals surface area contributed by atoms with E-state index in [1.165, 1.54) is 7.11 Å². The Hall–Kier alpha value is -2.81. The van der Waals surface area contributed by atoms with E-state index in [0.29, 0.717) is 30.4 Å². The molecule has 3 rings (SSSR count). The molecule has 1 N–H and O–H groups in total. The van der Waals surface area contributed by atoms with E-state index in [1.54, 1.807) is 12.0 Å². The van der Waals surface area contributed by atoms with E-state index in [2.05, 4.69) is 15.5 Å². The SMILES string of the molecule is COCc1noc(NC(=O)N2Cc3ccc(OC)cc3OC(C)(C)C2)n1. The second-order valence-electron chi connectivity index (χ2n) is 6.57. The summed E-state index contributed by atoms with van der Waals surface area (Å²) in [4.78, 5) is 18.4. The van der Waals surface area contributed by atoms with Gasteiger partial charge in [0.25, 0.3) is 0 Å². The molecule has 0 unspecified atom stereocenters. The third kappa shape index (κ3) is 4.05. The summed E-state index contributed by atoms with van der Waals surface area (Å²) in [5, 5.41) is 6.34. The number of hydrogen-bond donors (Lipinski definition) is 1. The largest absolute Gasteiger partial charge is 0.497 e. The lowest BCUT2D eigenvalue weighted by Gasteiger charge is -2.29. The number of urea groups is 1. The molecule has 0 saturated heterocycles. The van der Waals surface area contributed by atoms with Crippen molar-refractivity contribution in [2.45, 2.75) is 32.6 Å². The van der Waals surface area contributed by atoms with Gasteiger partial charge in [0, 0.05) is 18.7 Å². The van der Waals surface area contributed by atoms with Crippen LogP contribution in [0.3, 0.4) is 0 Å². The Balaban J connectivity index is 1.78. The second-order valence-corrected chi connectivity index (χ2v) is 6.57. The van der Waals surface area contributed by atoms with Crippen LogP contribution in [0, 0.1) is 0 Å². The zero-order valence-corrected chi connectivity index (χ0v) is 15.2. The number of carbonyl (C=O) groups is 1. The second kappa shape index (κ2) is 7.20. The molecule has 1 aliphatic rings. The first kappa shape index (κ1) is 18.0. The van der Waals surface area contributed by atoms with Crippen molar-refractivity contribution in [2.75, 3.05) is 26.1 Å². The van der Waals surface area contributed by atoms with Gasteiger partial charge in [0.05, 0.1) is 20.2 Å². The lowest BCUT2D eigenvalue weighted by Crippen LogP contribution is -2.44. The molecule has 0 spiro atoms. The molecule has 26 heavy (non-hydrogen) atoms. The molecule has 0 aliphatic carbocycles. The maximum atomic E-state index is 12.7. The number of benzene rings is 1. The van der Waals surface area contributed by atoms with Gasteiger partial charge in [0.15, 0.2) is 5.82 Å². The predicted molar refractivity (Wildman–Crippen MR) is 92.1 cm³/mol. The molecule has 140 valence electrons. The van der Waals surface area contributed by atoms with Crippen molar-refractivity contribution >= 4 is 12.0 Å². The van der Waals surface area contributed by atoms with Gasteiger partial charge >= 0.3 is 12.0 Å². The summed E-state index contributed by atoms with van der Waals surface area (Å²) in [5.41, 5.74) is 0.308. The molecular weight excluding hydrogens is 340 g/mol. The predicted octanol–water partition coefficient (Wildman–Crippen LogP) is 2.43. The third-order valence-corrected chi connectivity index (χ3v) is 3.84. The maximum absolute atomic E-state index is 12.7. The Morgan fingerprint density at radius 2 is 2.19 bits per heavy atom. The van der Waals surface area contributed by atoms with Crippen molar-refractivity contribution in [3.8, 4) is 11.5 Å². The smallest absolute Gasteiger partial charge is 0.329 e. The number of amides is 2. The Labute approximate surface area is 151 Å². The number of anilines is 1. The lowest BCUT2D eigenvalue weighted by atomic mass is 10.1. The van der Waals surface area contributed by atoms with Crippen LogP contribution in [-0.4, -0.2) is 47.4 Å². The van der Waals surface area contributed by atoms with Gasteiger partial charge in [-0.3, -0.25) is 5.32 Å². The standard InChI is InChI=1S/C17H22N4O5/c1-17(2)10-21(8-11-5-6-12(24-4)7-13(11)25-17)16(22)19-15-18-14(9-23-3)20-26-15/h5-7H,8-10H2,1-4H3,(H,18,19,20,22). The van der Waals surface area contributed by atoms with Crippen LogP contribution in [0.2, 0.25) is 0 Å². The highest BCUT2D eigenvalue weighted by molar-refractivity contribution is 5.87. The van der Waals surface area contributed by atoms with Crippen LogP contribution < -0.4 is 14.8 Å². The van der Waals surface area contributed by atoms with Gasteiger partial charge in [0.1, 0.15) is 23.7 Å². The van der Waals surface area contributed by atoms with Crippen LogP contribution in [0.1, 0.15) is 25.2 Å². The number of hydrogen-bond acceptors (Lipinski definition) is 7. The Morgan fingerprint density at radius 1 is 1.38 bits per heavy atom. The first-order valence-corrected chi connectivity index (χ1v) is 8.13. The van der Waals surface area contributed by atoms with Crippen LogP contribution in [0.15, 0.2) is 22.7 Å². The summed E-state index contributed by atoms with van der Waals surface area (Å²) in [5.74, 6) is 1.76. The minimum absolute atomic E-state index is 0.0278. The number of carbonyl (C=O) groups excluding carboxylic acids is 1. The molecule has 2 aromatic rings.